The average molecular weight is 293 g/mol. The quantitative estimate of drug-likeness (QED) is 0.882. The molecular weight excluding hydrogens is 266 g/mol. The number of amides is 1. The third-order valence-electron chi connectivity index (χ3n) is 4.54. The SMILES string of the molecule is CCc1[nH]nc(C(=O)N(C)C2CCN(C(C)C)CC2)c1N. The van der Waals surface area contributed by atoms with Gasteiger partial charge in [0, 0.05) is 32.2 Å². The van der Waals surface area contributed by atoms with Crippen LogP contribution in [0, 0.1) is 0 Å². The molecule has 0 saturated carbocycles. The van der Waals surface area contributed by atoms with Gasteiger partial charge in [-0.1, -0.05) is 6.92 Å². The molecule has 3 N–H and O–H groups in total. The number of carbonyl (C=O) groups excluding carboxylic acids is 1. The number of aryl methyl sites for hydroxylation is 1. The number of nitrogens with one attached hydrogen (secondary N) is 1. The highest BCUT2D eigenvalue weighted by atomic mass is 16.2. The summed E-state index contributed by atoms with van der Waals surface area (Å²) in [7, 11) is 1.86. The molecule has 0 bridgehead atoms. The van der Waals surface area contributed by atoms with Gasteiger partial charge in [-0.3, -0.25) is 9.89 Å². The smallest absolute Gasteiger partial charge is 0.276 e. The lowest BCUT2D eigenvalue weighted by Crippen LogP contribution is -2.47. The van der Waals surface area contributed by atoms with Crippen LogP contribution in [-0.2, 0) is 6.42 Å². The van der Waals surface area contributed by atoms with Gasteiger partial charge in [-0.2, -0.15) is 5.10 Å². The molecular formula is C15H27N5O. The molecule has 21 heavy (non-hydrogen) atoms. The van der Waals surface area contributed by atoms with E-state index < -0.39 is 0 Å². The molecule has 1 amide bonds. The number of likely N-dealkylation sites (tertiary alicyclic amines) is 1. The third kappa shape index (κ3) is 3.20. The van der Waals surface area contributed by atoms with Crippen molar-refractivity contribution in [3.05, 3.63) is 11.4 Å². The number of hydrogen-bond acceptors (Lipinski definition) is 4. The van der Waals surface area contributed by atoms with Gasteiger partial charge in [-0.05, 0) is 33.1 Å². The Bertz CT molecular complexity index is 488. The minimum absolute atomic E-state index is 0.0774. The summed E-state index contributed by atoms with van der Waals surface area (Å²) >= 11 is 0. The highest BCUT2D eigenvalue weighted by molar-refractivity contribution is 5.97. The first-order chi connectivity index (χ1) is 9.95. The Kier molecular flexibility index (Phi) is 4.88. The van der Waals surface area contributed by atoms with Crippen LogP contribution >= 0.6 is 0 Å². The average Bonchev–Trinajstić information content (AvgIpc) is 2.86. The summed E-state index contributed by atoms with van der Waals surface area (Å²) in [5.41, 5.74) is 7.69. The van der Waals surface area contributed by atoms with Crippen molar-refractivity contribution in [3.63, 3.8) is 0 Å². The molecule has 1 aromatic rings. The van der Waals surface area contributed by atoms with Gasteiger partial charge in [0.25, 0.3) is 5.91 Å². The Hall–Kier alpha value is -1.56. The van der Waals surface area contributed by atoms with E-state index in [0.717, 1.165) is 38.0 Å². The third-order valence-corrected chi connectivity index (χ3v) is 4.54. The van der Waals surface area contributed by atoms with E-state index >= 15 is 0 Å². The van der Waals surface area contributed by atoms with Gasteiger partial charge in [0.05, 0.1) is 11.4 Å². The molecule has 0 unspecified atom stereocenters. The lowest BCUT2D eigenvalue weighted by atomic mass is 10.0. The van der Waals surface area contributed by atoms with Crippen LogP contribution in [0.4, 0.5) is 5.69 Å². The molecule has 118 valence electrons. The monoisotopic (exact) mass is 293 g/mol. The van der Waals surface area contributed by atoms with E-state index in [1.54, 1.807) is 0 Å². The van der Waals surface area contributed by atoms with Crippen molar-refractivity contribution in [2.75, 3.05) is 25.9 Å². The van der Waals surface area contributed by atoms with Gasteiger partial charge < -0.3 is 15.5 Å². The van der Waals surface area contributed by atoms with Gasteiger partial charge in [-0.15, -0.1) is 0 Å². The first-order valence-corrected chi connectivity index (χ1v) is 7.79. The number of rotatable bonds is 4. The molecule has 1 aliphatic rings. The standard InChI is InChI=1S/C15H27N5O/c1-5-12-13(16)14(18-17-12)15(21)19(4)11-6-8-20(9-7-11)10(2)3/h10-11H,5-9,16H2,1-4H3,(H,17,18). The summed E-state index contributed by atoms with van der Waals surface area (Å²) in [6.45, 7) is 8.49. The van der Waals surface area contributed by atoms with E-state index in [0.29, 0.717) is 17.4 Å². The number of H-pyrrole nitrogens is 1. The Morgan fingerprint density at radius 3 is 2.57 bits per heavy atom. The van der Waals surface area contributed by atoms with Crippen LogP contribution in [0.5, 0.6) is 0 Å². The predicted molar refractivity (Wildman–Crippen MR) is 84.2 cm³/mol. The zero-order chi connectivity index (χ0) is 15.6. The fraction of sp³-hybridized carbons (Fsp3) is 0.733. The molecule has 0 radical (unpaired) electrons. The summed E-state index contributed by atoms with van der Waals surface area (Å²) in [5.74, 6) is -0.0774. The van der Waals surface area contributed by atoms with E-state index in [4.69, 9.17) is 5.73 Å². The Balaban J connectivity index is 2.01. The van der Waals surface area contributed by atoms with E-state index in [1.165, 1.54) is 0 Å². The largest absolute Gasteiger partial charge is 0.395 e. The summed E-state index contributed by atoms with van der Waals surface area (Å²) in [5, 5.41) is 6.95. The number of nitrogens with two attached hydrogens (primary N) is 1. The van der Waals surface area contributed by atoms with Crippen LogP contribution in [0.3, 0.4) is 0 Å². The number of aromatic amines is 1. The molecule has 0 aromatic carbocycles. The maximum atomic E-state index is 12.6. The van der Waals surface area contributed by atoms with Gasteiger partial charge >= 0.3 is 0 Å². The van der Waals surface area contributed by atoms with Gasteiger partial charge in [-0.25, -0.2) is 0 Å². The molecule has 2 heterocycles. The Labute approximate surface area is 126 Å². The maximum absolute atomic E-state index is 12.6. The molecule has 6 heteroatoms. The fourth-order valence-electron chi connectivity index (χ4n) is 2.94. The highest BCUT2D eigenvalue weighted by Crippen LogP contribution is 2.21. The molecule has 0 aliphatic carbocycles. The number of anilines is 1. The molecule has 1 fully saturated rings. The van der Waals surface area contributed by atoms with Crippen LogP contribution in [-0.4, -0.2) is 58.1 Å². The van der Waals surface area contributed by atoms with Crippen molar-refractivity contribution in [1.82, 2.24) is 20.0 Å². The lowest BCUT2D eigenvalue weighted by molar-refractivity contribution is 0.0611. The number of nitrogen functional groups attached to an aromatic ring is 1. The zero-order valence-corrected chi connectivity index (χ0v) is 13.5. The molecule has 0 spiro atoms. The normalized spacial score (nSPS) is 17.4. The minimum Gasteiger partial charge on any atom is -0.395 e. The minimum atomic E-state index is -0.0774. The molecule has 0 atom stereocenters. The van der Waals surface area contributed by atoms with Crippen molar-refractivity contribution >= 4 is 11.6 Å². The van der Waals surface area contributed by atoms with E-state index in [-0.39, 0.29) is 11.9 Å². The van der Waals surface area contributed by atoms with Gasteiger partial charge in [0.2, 0.25) is 0 Å². The van der Waals surface area contributed by atoms with E-state index in [2.05, 4.69) is 28.9 Å². The maximum Gasteiger partial charge on any atom is 0.276 e. The fourth-order valence-corrected chi connectivity index (χ4v) is 2.94. The summed E-state index contributed by atoms with van der Waals surface area (Å²) in [4.78, 5) is 16.8. The zero-order valence-electron chi connectivity index (χ0n) is 13.5. The first-order valence-electron chi connectivity index (χ1n) is 7.79. The number of aromatic nitrogens is 2. The number of hydrogen-bond donors (Lipinski definition) is 2. The van der Waals surface area contributed by atoms with E-state index in [9.17, 15) is 4.79 Å². The number of nitrogens with zero attached hydrogens (tertiary/aromatic N) is 3. The molecule has 1 aliphatic heterocycles. The second kappa shape index (κ2) is 6.47. The van der Waals surface area contributed by atoms with Gasteiger partial charge in [0.15, 0.2) is 5.69 Å². The molecule has 2 rings (SSSR count). The van der Waals surface area contributed by atoms with Gasteiger partial charge in [0.1, 0.15) is 0 Å². The summed E-state index contributed by atoms with van der Waals surface area (Å²) < 4.78 is 0. The highest BCUT2D eigenvalue weighted by Gasteiger charge is 2.29. The summed E-state index contributed by atoms with van der Waals surface area (Å²) in [6.07, 6.45) is 2.76. The van der Waals surface area contributed by atoms with Crippen LogP contribution in [0.25, 0.3) is 0 Å². The lowest BCUT2D eigenvalue weighted by Gasteiger charge is -2.38. The number of carbonyl (C=O) groups is 1. The van der Waals surface area contributed by atoms with Crippen LogP contribution in [0.2, 0.25) is 0 Å². The van der Waals surface area contributed by atoms with Crippen molar-refractivity contribution in [2.45, 2.75) is 52.1 Å². The van der Waals surface area contributed by atoms with Crippen LogP contribution in [0.15, 0.2) is 0 Å². The Morgan fingerprint density at radius 2 is 2.10 bits per heavy atom. The van der Waals surface area contributed by atoms with Crippen molar-refractivity contribution in [2.24, 2.45) is 0 Å². The number of piperidine rings is 1. The second-order valence-corrected chi connectivity index (χ2v) is 6.09. The van der Waals surface area contributed by atoms with Crippen molar-refractivity contribution in [1.29, 1.82) is 0 Å². The summed E-state index contributed by atoms with van der Waals surface area (Å²) in [6, 6.07) is 0.842. The Morgan fingerprint density at radius 1 is 1.48 bits per heavy atom. The van der Waals surface area contributed by atoms with Crippen molar-refractivity contribution < 1.29 is 4.79 Å². The van der Waals surface area contributed by atoms with E-state index in [1.807, 2.05) is 18.9 Å². The topological polar surface area (TPSA) is 78.2 Å². The second-order valence-electron chi connectivity index (χ2n) is 6.09. The molecule has 1 saturated heterocycles. The van der Waals surface area contributed by atoms with Crippen molar-refractivity contribution in [3.8, 4) is 0 Å². The predicted octanol–water partition coefficient (Wildman–Crippen LogP) is 1.50. The van der Waals surface area contributed by atoms with Crippen LogP contribution < -0.4 is 5.73 Å². The molecule has 6 nitrogen and oxygen atoms in total. The first kappa shape index (κ1) is 15.8. The van der Waals surface area contributed by atoms with Crippen LogP contribution in [0.1, 0.15) is 49.8 Å². The molecule has 1 aromatic heterocycles.